The molecule has 1 amide bonds. The Kier molecular flexibility index (Phi) is 4.54. The van der Waals surface area contributed by atoms with Crippen LogP contribution < -0.4 is 16.4 Å². The average Bonchev–Trinajstić information content (AvgIpc) is 3.33. The van der Waals surface area contributed by atoms with E-state index in [-0.39, 0.29) is 17.6 Å². The number of fused-ring (bicyclic) bond motifs is 2. The van der Waals surface area contributed by atoms with Crippen LogP contribution in [0.2, 0.25) is 0 Å². The van der Waals surface area contributed by atoms with Gasteiger partial charge in [0.2, 0.25) is 11.7 Å². The van der Waals surface area contributed by atoms with Crippen LogP contribution in [0.25, 0.3) is 11.2 Å². The van der Waals surface area contributed by atoms with Crippen molar-refractivity contribution in [2.45, 2.75) is 24.7 Å². The minimum Gasteiger partial charge on any atom is -0.399 e. The van der Waals surface area contributed by atoms with Gasteiger partial charge < -0.3 is 31.1 Å². The number of aromatic nitrogens is 4. The second-order valence-corrected chi connectivity index (χ2v) is 8.20. The molecule has 0 spiro atoms. The number of amides is 1. The molecule has 0 bridgehead atoms. The Morgan fingerprint density at radius 1 is 1.28 bits per heavy atom. The number of nitrogens with one attached hydrogen (secondary N) is 2. The maximum absolute atomic E-state index is 12.4. The third kappa shape index (κ3) is 2.82. The molecule has 2 aromatic heterocycles. The lowest BCUT2D eigenvalue weighted by molar-refractivity contribution is -0.132. The van der Waals surface area contributed by atoms with Crippen molar-refractivity contribution in [2.24, 2.45) is 11.3 Å². The lowest BCUT2D eigenvalue weighted by Crippen LogP contribution is -2.41. The topological polar surface area (TPSA) is 151 Å². The molecule has 2 saturated carbocycles. The summed E-state index contributed by atoms with van der Waals surface area (Å²) >= 11 is 0. The summed E-state index contributed by atoms with van der Waals surface area (Å²) in [4.78, 5) is 25.9. The van der Waals surface area contributed by atoms with Crippen LogP contribution in [0.1, 0.15) is 23.9 Å². The quantitative estimate of drug-likeness (QED) is 0.283. The van der Waals surface area contributed by atoms with E-state index in [2.05, 4.69) is 37.4 Å². The zero-order valence-electron chi connectivity index (χ0n) is 17.6. The fraction of sp³-hybridized carbons (Fsp3) is 0.364. The fourth-order valence-corrected chi connectivity index (χ4v) is 4.90. The van der Waals surface area contributed by atoms with Crippen LogP contribution in [0.3, 0.4) is 0 Å². The molecule has 2 heterocycles. The minimum atomic E-state index is -1.16. The normalized spacial score (nSPS) is 28.0. The Hall–Kier alpha value is -3.68. The van der Waals surface area contributed by atoms with Crippen LogP contribution in [-0.4, -0.2) is 61.9 Å². The molecular weight excluding hydrogens is 410 g/mol. The number of aliphatic hydroxyl groups excluding tert-OH is 2. The van der Waals surface area contributed by atoms with E-state index < -0.39 is 23.7 Å². The molecule has 0 aliphatic heterocycles. The largest absolute Gasteiger partial charge is 0.399 e. The van der Waals surface area contributed by atoms with Gasteiger partial charge in [0, 0.05) is 31.3 Å². The molecular formula is C22H23N7O3. The Bertz CT molecular complexity index is 1290. The van der Waals surface area contributed by atoms with E-state index in [1.54, 1.807) is 30.1 Å². The van der Waals surface area contributed by atoms with E-state index in [0.717, 1.165) is 5.56 Å². The highest BCUT2D eigenvalue weighted by Crippen LogP contribution is 2.67. The van der Waals surface area contributed by atoms with Gasteiger partial charge in [0.15, 0.2) is 17.0 Å². The minimum absolute atomic E-state index is 0.223. The number of rotatable bonds is 3. The molecule has 10 nitrogen and oxygen atoms in total. The van der Waals surface area contributed by atoms with Gasteiger partial charge in [-0.25, -0.2) is 15.0 Å². The number of nitrogens with zero attached hydrogens (tertiary/aromatic N) is 4. The number of aliphatic hydroxyl groups is 2. The predicted molar refractivity (Wildman–Crippen MR) is 117 cm³/mol. The molecule has 2 unspecified atom stereocenters. The average molecular weight is 433 g/mol. The molecule has 1 aromatic carbocycles. The van der Waals surface area contributed by atoms with Crippen LogP contribution >= 0.6 is 0 Å². The monoisotopic (exact) mass is 433 g/mol. The van der Waals surface area contributed by atoms with E-state index in [9.17, 15) is 15.0 Å². The highest BCUT2D eigenvalue weighted by atomic mass is 16.3. The Morgan fingerprint density at radius 2 is 2.09 bits per heavy atom. The Balaban J connectivity index is 1.58. The summed E-state index contributed by atoms with van der Waals surface area (Å²) in [5, 5.41) is 27.1. The van der Waals surface area contributed by atoms with Crippen molar-refractivity contribution in [3.8, 4) is 11.8 Å². The summed E-state index contributed by atoms with van der Waals surface area (Å²) < 4.78 is 1.72. The van der Waals surface area contributed by atoms with Crippen LogP contribution in [0, 0.1) is 23.2 Å². The Labute approximate surface area is 183 Å². The van der Waals surface area contributed by atoms with Crippen molar-refractivity contribution < 1.29 is 15.0 Å². The predicted octanol–water partition coefficient (Wildman–Crippen LogP) is -0.121. The smallest absolute Gasteiger partial charge is 0.229 e. The second kappa shape index (κ2) is 7.19. The SMILES string of the molecule is CNC(=O)[C@]12CC1[C@@H](n1cnc3c(NC)nc(C#Cc4cccc(N)c4)nc31)C(O)[C@@H]2O. The summed E-state index contributed by atoms with van der Waals surface area (Å²) in [6.07, 6.45) is -0.239. The number of carbonyl (C=O) groups excluding carboxylic acids is 1. The molecule has 2 aliphatic rings. The van der Waals surface area contributed by atoms with Gasteiger partial charge in [-0.05, 0) is 30.5 Å². The Morgan fingerprint density at radius 3 is 2.81 bits per heavy atom. The molecule has 3 aromatic rings. The number of hydrogen-bond acceptors (Lipinski definition) is 8. The molecule has 5 atom stereocenters. The van der Waals surface area contributed by atoms with E-state index in [0.29, 0.717) is 29.1 Å². The zero-order chi connectivity index (χ0) is 22.6. The number of benzene rings is 1. The van der Waals surface area contributed by atoms with Crippen molar-refractivity contribution in [3.05, 3.63) is 42.0 Å². The molecule has 10 heteroatoms. The van der Waals surface area contributed by atoms with E-state index in [1.807, 2.05) is 12.1 Å². The van der Waals surface area contributed by atoms with Gasteiger partial charge in [-0.3, -0.25) is 4.79 Å². The van der Waals surface area contributed by atoms with Crippen LogP contribution in [0.4, 0.5) is 11.5 Å². The first kappa shape index (κ1) is 20.2. The number of anilines is 2. The number of carbonyl (C=O) groups is 1. The van der Waals surface area contributed by atoms with Crippen LogP contribution in [0.15, 0.2) is 30.6 Å². The third-order valence-corrected chi connectivity index (χ3v) is 6.51. The summed E-state index contributed by atoms with van der Waals surface area (Å²) in [6.45, 7) is 0. The maximum atomic E-state index is 12.4. The molecule has 0 saturated heterocycles. The van der Waals surface area contributed by atoms with Gasteiger partial charge in [0.05, 0.1) is 23.9 Å². The van der Waals surface area contributed by atoms with Gasteiger partial charge >= 0.3 is 0 Å². The molecule has 164 valence electrons. The molecule has 2 aliphatic carbocycles. The molecule has 6 N–H and O–H groups in total. The van der Waals surface area contributed by atoms with Crippen LogP contribution in [0.5, 0.6) is 0 Å². The molecule has 5 rings (SSSR count). The van der Waals surface area contributed by atoms with Gasteiger partial charge in [-0.15, -0.1) is 0 Å². The number of nitrogen functional groups attached to an aromatic ring is 1. The summed E-state index contributed by atoms with van der Waals surface area (Å²) in [5.74, 6) is 6.24. The third-order valence-electron chi connectivity index (χ3n) is 6.51. The molecule has 32 heavy (non-hydrogen) atoms. The number of imidazole rings is 1. The highest BCUT2D eigenvalue weighted by molar-refractivity contribution is 5.88. The van der Waals surface area contributed by atoms with Crippen molar-refractivity contribution in [3.63, 3.8) is 0 Å². The summed E-state index contributed by atoms with van der Waals surface area (Å²) in [5.41, 5.74) is 7.16. The van der Waals surface area contributed by atoms with E-state index in [1.165, 1.54) is 7.05 Å². The van der Waals surface area contributed by atoms with Crippen molar-refractivity contribution in [2.75, 3.05) is 25.1 Å². The lowest BCUT2D eigenvalue weighted by atomic mass is 9.98. The van der Waals surface area contributed by atoms with Crippen molar-refractivity contribution in [1.82, 2.24) is 24.8 Å². The first-order chi connectivity index (χ1) is 15.4. The summed E-state index contributed by atoms with van der Waals surface area (Å²) in [7, 11) is 3.25. The second-order valence-electron chi connectivity index (χ2n) is 8.20. The van der Waals surface area contributed by atoms with Gasteiger partial charge in [0.25, 0.3) is 0 Å². The van der Waals surface area contributed by atoms with E-state index >= 15 is 0 Å². The molecule has 2 fully saturated rings. The maximum Gasteiger partial charge on any atom is 0.229 e. The molecule has 0 radical (unpaired) electrons. The van der Waals surface area contributed by atoms with Gasteiger partial charge in [-0.2, -0.15) is 0 Å². The first-order valence-electron chi connectivity index (χ1n) is 10.3. The standard InChI is InChI=1S/C22H23N7O3/c1-24-19-15-20(28-14(27-19)7-6-11-4-3-5-12(23)8-11)29(10-26-15)16-13-9-22(13,21(32)25-2)18(31)17(16)30/h3-5,8,10,13,16-18,30-31H,9,23H2,1-2H3,(H,25,32)(H,24,27,28)/t13?,16-,17?,18+,22-/m1/s1. The number of hydrogen-bond donors (Lipinski definition) is 5. The zero-order valence-corrected chi connectivity index (χ0v) is 17.6. The van der Waals surface area contributed by atoms with E-state index in [4.69, 9.17) is 5.73 Å². The fourth-order valence-electron chi connectivity index (χ4n) is 4.90. The first-order valence-corrected chi connectivity index (χ1v) is 10.3. The van der Waals surface area contributed by atoms with Crippen molar-refractivity contribution in [1.29, 1.82) is 0 Å². The van der Waals surface area contributed by atoms with Crippen LogP contribution in [-0.2, 0) is 4.79 Å². The van der Waals surface area contributed by atoms with Crippen molar-refractivity contribution >= 4 is 28.6 Å². The number of nitrogens with two attached hydrogens (primary N) is 1. The summed E-state index contributed by atoms with van der Waals surface area (Å²) in [6, 6.07) is 6.66. The lowest BCUT2D eigenvalue weighted by Gasteiger charge is -2.23. The highest BCUT2D eigenvalue weighted by Gasteiger charge is 2.75. The van der Waals surface area contributed by atoms with Gasteiger partial charge in [0.1, 0.15) is 6.10 Å². The van der Waals surface area contributed by atoms with Gasteiger partial charge in [-0.1, -0.05) is 12.0 Å².